The summed E-state index contributed by atoms with van der Waals surface area (Å²) in [5.41, 5.74) is 3.29. The lowest BCUT2D eigenvalue weighted by Crippen LogP contribution is -1.99. The number of ether oxygens (including phenoxy) is 1. The lowest BCUT2D eigenvalue weighted by atomic mass is 10.1. The Bertz CT molecular complexity index is 635. The fourth-order valence-electron chi connectivity index (χ4n) is 1.79. The number of aromatic nitrogens is 1. The minimum atomic E-state index is -1.02. The van der Waals surface area contributed by atoms with Crippen molar-refractivity contribution in [3.8, 4) is 11.5 Å². The highest BCUT2D eigenvalue weighted by molar-refractivity contribution is 5.87. The minimum absolute atomic E-state index is 0.112. The maximum absolute atomic E-state index is 10.9. The standard InChI is InChI=1S/C15H15NO3/c1-9-4-5-10(2)14(11(9)3)19-13-6-12(15(17)18)7-16-8-13/h4-8H,1-3H3,(H,17,18). The molecule has 2 aromatic rings. The van der Waals surface area contributed by atoms with Gasteiger partial charge in [-0.1, -0.05) is 12.1 Å². The number of carboxylic acids is 1. The van der Waals surface area contributed by atoms with Crippen LogP contribution in [-0.4, -0.2) is 16.1 Å². The molecule has 0 radical (unpaired) electrons. The van der Waals surface area contributed by atoms with Crippen LogP contribution in [-0.2, 0) is 0 Å². The van der Waals surface area contributed by atoms with E-state index in [4.69, 9.17) is 9.84 Å². The number of hydrogen-bond donors (Lipinski definition) is 1. The van der Waals surface area contributed by atoms with Crippen LogP contribution < -0.4 is 4.74 Å². The van der Waals surface area contributed by atoms with E-state index in [2.05, 4.69) is 4.98 Å². The zero-order chi connectivity index (χ0) is 14.0. The first-order valence-corrected chi connectivity index (χ1v) is 5.92. The summed E-state index contributed by atoms with van der Waals surface area (Å²) >= 11 is 0. The quantitative estimate of drug-likeness (QED) is 0.914. The van der Waals surface area contributed by atoms with Gasteiger partial charge >= 0.3 is 5.97 Å². The van der Waals surface area contributed by atoms with Crippen molar-refractivity contribution >= 4 is 5.97 Å². The number of rotatable bonds is 3. The van der Waals surface area contributed by atoms with E-state index in [9.17, 15) is 4.79 Å². The van der Waals surface area contributed by atoms with Crippen molar-refractivity contribution < 1.29 is 14.6 Å². The molecule has 0 aliphatic heterocycles. The lowest BCUT2D eigenvalue weighted by Gasteiger charge is -2.13. The smallest absolute Gasteiger partial charge is 0.337 e. The Labute approximate surface area is 111 Å². The average Bonchev–Trinajstić information content (AvgIpc) is 2.39. The van der Waals surface area contributed by atoms with Crippen LogP contribution in [0, 0.1) is 20.8 Å². The second-order valence-electron chi connectivity index (χ2n) is 4.47. The molecule has 19 heavy (non-hydrogen) atoms. The molecule has 1 aromatic heterocycles. The first-order valence-electron chi connectivity index (χ1n) is 5.92. The first-order chi connectivity index (χ1) is 8.99. The largest absolute Gasteiger partial charge is 0.478 e. The number of benzene rings is 1. The van der Waals surface area contributed by atoms with Crippen molar-refractivity contribution in [2.45, 2.75) is 20.8 Å². The summed E-state index contributed by atoms with van der Waals surface area (Å²) in [6.07, 6.45) is 2.80. The molecule has 0 spiro atoms. The van der Waals surface area contributed by atoms with Crippen LogP contribution in [0.2, 0.25) is 0 Å². The molecule has 4 nitrogen and oxygen atoms in total. The molecule has 0 unspecified atom stereocenters. The van der Waals surface area contributed by atoms with Gasteiger partial charge in [0.25, 0.3) is 0 Å². The zero-order valence-electron chi connectivity index (χ0n) is 11.1. The van der Waals surface area contributed by atoms with Crippen LogP contribution >= 0.6 is 0 Å². The average molecular weight is 257 g/mol. The molecular weight excluding hydrogens is 242 g/mol. The summed E-state index contributed by atoms with van der Waals surface area (Å²) in [7, 11) is 0. The third-order valence-corrected chi connectivity index (χ3v) is 3.05. The Balaban J connectivity index is 2.39. The van der Waals surface area contributed by atoms with Gasteiger partial charge < -0.3 is 9.84 Å². The molecule has 1 heterocycles. The van der Waals surface area contributed by atoms with Crippen molar-refractivity contribution in [1.29, 1.82) is 0 Å². The minimum Gasteiger partial charge on any atom is -0.478 e. The molecule has 98 valence electrons. The first kappa shape index (κ1) is 13.1. The normalized spacial score (nSPS) is 10.3. The third-order valence-electron chi connectivity index (χ3n) is 3.05. The monoisotopic (exact) mass is 257 g/mol. The van der Waals surface area contributed by atoms with E-state index in [0.717, 1.165) is 22.4 Å². The van der Waals surface area contributed by atoms with E-state index >= 15 is 0 Å². The fraction of sp³-hybridized carbons (Fsp3) is 0.200. The van der Waals surface area contributed by atoms with Gasteiger partial charge in [-0.15, -0.1) is 0 Å². The van der Waals surface area contributed by atoms with E-state index in [0.29, 0.717) is 5.75 Å². The van der Waals surface area contributed by atoms with Gasteiger partial charge in [0.05, 0.1) is 11.8 Å². The summed E-state index contributed by atoms with van der Waals surface area (Å²) in [4.78, 5) is 14.8. The Kier molecular flexibility index (Phi) is 3.51. The number of nitrogens with zero attached hydrogens (tertiary/aromatic N) is 1. The molecular formula is C15H15NO3. The maximum atomic E-state index is 10.9. The number of carboxylic acid groups (broad SMARTS) is 1. The number of aromatic carboxylic acids is 1. The lowest BCUT2D eigenvalue weighted by molar-refractivity contribution is 0.0696. The summed E-state index contributed by atoms with van der Waals surface area (Å²) in [5.74, 6) is 0.164. The summed E-state index contributed by atoms with van der Waals surface area (Å²) in [5, 5.41) is 8.93. The number of carbonyl (C=O) groups is 1. The van der Waals surface area contributed by atoms with Gasteiger partial charge in [-0.05, 0) is 43.5 Å². The van der Waals surface area contributed by atoms with Crippen molar-refractivity contribution in [3.63, 3.8) is 0 Å². The van der Waals surface area contributed by atoms with E-state index in [1.54, 1.807) is 0 Å². The predicted molar refractivity (Wildman–Crippen MR) is 71.9 cm³/mol. The second-order valence-corrected chi connectivity index (χ2v) is 4.47. The van der Waals surface area contributed by atoms with Gasteiger partial charge in [0.2, 0.25) is 0 Å². The highest BCUT2D eigenvalue weighted by Gasteiger charge is 2.10. The number of aryl methyl sites for hydroxylation is 2. The van der Waals surface area contributed by atoms with Gasteiger partial charge in [-0.3, -0.25) is 4.98 Å². The molecule has 0 amide bonds. The van der Waals surface area contributed by atoms with E-state index in [1.165, 1.54) is 18.5 Å². The Hall–Kier alpha value is -2.36. The number of hydrogen-bond acceptors (Lipinski definition) is 3. The molecule has 0 atom stereocenters. The molecule has 1 aromatic carbocycles. The van der Waals surface area contributed by atoms with Gasteiger partial charge in [-0.25, -0.2) is 4.79 Å². The van der Waals surface area contributed by atoms with E-state index < -0.39 is 5.97 Å². The van der Waals surface area contributed by atoms with Crippen molar-refractivity contribution in [1.82, 2.24) is 4.98 Å². The molecule has 0 fully saturated rings. The predicted octanol–water partition coefficient (Wildman–Crippen LogP) is 3.50. The van der Waals surface area contributed by atoms with Gasteiger partial charge in [0, 0.05) is 6.20 Å². The van der Waals surface area contributed by atoms with Crippen LogP contribution in [0.3, 0.4) is 0 Å². The highest BCUT2D eigenvalue weighted by atomic mass is 16.5. The summed E-state index contributed by atoms with van der Waals surface area (Å²) in [6, 6.07) is 5.48. The highest BCUT2D eigenvalue weighted by Crippen LogP contribution is 2.30. The number of pyridine rings is 1. The van der Waals surface area contributed by atoms with E-state index in [-0.39, 0.29) is 5.56 Å². The molecule has 0 saturated carbocycles. The third kappa shape index (κ3) is 2.73. The topological polar surface area (TPSA) is 59.4 Å². The Morgan fingerprint density at radius 2 is 1.84 bits per heavy atom. The second kappa shape index (κ2) is 5.10. The van der Waals surface area contributed by atoms with Crippen LogP contribution in [0.25, 0.3) is 0 Å². The van der Waals surface area contributed by atoms with Gasteiger partial charge in [0.15, 0.2) is 0 Å². The summed E-state index contributed by atoms with van der Waals surface area (Å²) < 4.78 is 5.79. The molecule has 0 aliphatic carbocycles. The molecule has 0 bridgehead atoms. The van der Waals surface area contributed by atoms with Crippen molar-refractivity contribution in [2.24, 2.45) is 0 Å². The van der Waals surface area contributed by atoms with E-state index in [1.807, 2.05) is 32.9 Å². The molecule has 0 saturated heterocycles. The van der Waals surface area contributed by atoms with Crippen LogP contribution in [0.4, 0.5) is 0 Å². The van der Waals surface area contributed by atoms with Crippen LogP contribution in [0.1, 0.15) is 27.0 Å². The SMILES string of the molecule is Cc1ccc(C)c(Oc2cncc(C(=O)O)c2)c1C. The van der Waals surface area contributed by atoms with Gasteiger partial charge in [0.1, 0.15) is 11.5 Å². The zero-order valence-corrected chi connectivity index (χ0v) is 11.1. The summed E-state index contributed by atoms with van der Waals surface area (Å²) in [6.45, 7) is 5.94. The molecule has 4 heteroatoms. The molecule has 0 aliphatic rings. The molecule has 1 N–H and O–H groups in total. The Morgan fingerprint density at radius 3 is 2.53 bits per heavy atom. The Morgan fingerprint density at radius 1 is 1.16 bits per heavy atom. The van der Waals surface area contributed by atoms with Crippen molar-refractivity contribution in [3.05, 3.63) is 52.8 Å². The van der Waals surface area contributed by atoms with Crippen molar-refractivity contribution in [2.75, 3.05) is 0 Å². The fourth-order valence-corrected chi connectivity index (χ4v) is 1.79. The maximum Gasteiger partial charge on any atom is 0.337 e. The molecule has 2 rings (SSSR count). The van der Waals surface area contributed by atoms with Crippen LogP contribution in [0.5, 0.6) is 11.5 Å². The van der Waals surface area contributed by atoms with Gasteiger partial charge in [-0.2, -0.15) is 0 Å². The van der Waals surface area contributed by atoms with Crippen LogP contribution in [0.15, 0.2) is 30.6 Å².